The molecular formula is C12H19F3N4. The highest BCUT2D eigenvalue weighted by Crippen LogP contribution is 2.26. The van der Waals surface area contributed by atoms with Gasteiger partial charge in [-0.2, -0.15) is 13.2 Å². The van der Waals surface area contributed by atoms with Crippen molar-refractivity contribution in [1.29, 1.82) is 0 Å². The number of nitrogens with one attached hydrogen (secondary N) is 1. The molecule has 1 aromatic heterocycles. The van der Waals surface area contributed by atoms with E-state index >= 15 is 0 Å². The van der Waals surface area contributed by atoms with Crippen LogP contribution in [0.15, 0.2) is 12.1 Å². The molecule has 0 aliphatic heterocycles. The van der Waals surface area contributed by atoms with Crippen LogP contribution < -0.4 is 5.32 Å². The van der Waals surface area contributed by atoms with E-state index in [1.54, 1.807) is 0 Å². The summed E-state index contributed by atoms with van der Waals surface area (Å²) in [6.45, 7) is 7.80. The van der Waals surface area contributed by atoms with Gasteiger partial charge in [-0.05, 0) is 38.2 Å². The molecule has 0 aliphatic rings. The second-order valence-corrected chi connectivity index (χ2v) is 4.11. The van der Waals surface area contributed by atoms with Crippen molar-refractivity contribution in [2.75, 3.05) is 31.5 Å². The summed E-state index contributed by atoms with van der Waals surface area (Å²) < 4.78 is 36.8. The van der Waals surface area contributed by atoms with Gasteiger partial charge in [-0.25, -0.2) is 0 Å². The summed E-state index contributed by atoms with van der Waals surface area (Å²) in [5.74, 6) is 0.368. The van der Waals surface area contributed by atoms with E-state index in [2.05, 4.69) is 34.3 Å². The van der Waals surface area contributed by atoms with Crippen molar-refractivity contribution in [3.05, 3.63) is 17.8 Å². The van der Waals surface area contributed by atoms with E-state index in [-0.39, 0.29) is 0 Å². The third-order valence-electron chi connectivity index (χ3n) is 2.81. The smallest absolute Gasteiger partial charge is 0.369 e. The van der Waals surface area contributed by atoms with Crippen LogP contribution in [-0.2, 0) is 6.18 Å². The molecule has 0 spiro atoms. The Hall–Kier alpha value is -1.37. The van der Waals surface area contributed by atoms with E-state index in [1.807, 2.05) is 0 Å². The van der Waals surface area contributed by atoms with Crippen LogP contribution in [0.2, 0.25) is 0 Å². The van der Waals surface area contributed by atoms with Gasteiger partial charge in [0, 0.05) is 6.54 Å². The van der Waals surface area contributed by atoms with Gasteiger partial charge < -0.3 is 10.2 Å². The second-order valence-electron chi connectivity index (χ2n) is 4.11. The van der Waals surface area contributed by atoms with Crippen LogP contribution in [0.5, 0.6) is 0 Å². The first kappa shape index (κ1) is 15.7. The Bertz CT molecular complexity index is 360. The Kier molecular flexibility index (Phi) is 6.01. The van der Waals surface area contributed by atoms with Crippen molar-refractivity contribution < 1.29 is 13.2 Å². The Labute approximate surface area is 111 Å². The SMILES string of the molecule is CCN(CC)CCCNc1ccc(C(F)(F)F)nn1. The van der Waals surface area contributed by atoms with Gasteiger partial charge in [0.15, 0.2) is 5.69 Å². The average molecular weight is 276 g/mol. The van der Waals surface area contributed by atoms with Gasteiger partial charge in [-0.15, -0.1) is 10.2 Å². The lowest BCUT2D eigenvalue weighted by molar-refractivity contribution is -0.141. The summed E-state index contributed by atoms with van der Waals surface area (Å²) in [5, 5.41) is 9.61. The molecule has 0 amide bonds. The van der Waals surface area contributed by atoms with Crippen molar-refractivity contribution in [2.45, 2.75) is 26.4 Å². The van der Waals surface area contributed by atoms with Crippen LogP contribution in [0.1, 0.15) is 26.0 Å². The summed E-state index contributed by atoms with van der Waals surface area (Å²) in [4.78, 5) is 2.28. The quantitative estimate of drug-likeness (QED) is 0.777. The van der Waals surface area contributed by atoms with E-state index in [4.69, 9.17) is 0 Å². The highest BCUT2D eigenvalue weighted by atomic mass is 19.4. The predicted octanol–water partition coefficient (Wildman–Crippen LogP) is 2.64. The average Bonchev–Trinajstić information content (AvgIpc) is 2.38. The van der Waals surface area contributed by atoms with Crippen LogP contribution >= 0.6 is 0 Å². The van der Waals surface area contributed by atoms with Gasteiger partial charge in [0.25, 0.3) is 0 Å². The topological polar surface area (TPSA) is 41.0 Å². The second kappa shape index (κ2) is 7.28. The minimum absolute atomic E-state index is 0.368. The molecule has 1 heterocycles. The lowest BCUT2D eigenvalue weighted by Crippen LogP contribution is -2.25. The third-order valence-corrected chi connectivity index (χ3v) is 2.81. The molecule has 0 radical (unpaired) electrons. The summed E-state index contributed by atoms with van der Waals surface area (Å²) in [6.07, 6.45) is -3.53. The molecule has 7 heteroatoms. The Morgan fingerprint density at radius 2 is 1.84 bits per heavy atom. The first-order valence-electron chi connectivity index (χ1n) is 6.34. The lowest BCUT2D eigenvalue weighted by atomic mass is 10.3. The van der Waals surface area contributed by atoms with Crippen LogP contribution in [-0.4, -0.2) is 41.3 Å². The maximum atomic E-state index is 12.3. The first-order valence-corrected chi connectivity index (χ1v) is 6.34. The molecule has 19 heavy (non-hydrogen) atoms. The molecule has 0 unspecified atom stereocenters. The molecule has 0 saturated heterocycles. The fraction of sp³-hybridized carbons (Fsp3) is 0.667. The van der Waals surface area contributed by atoms with Crippen LogP contribution in [0, 0.1) is 0 Å². The molecule has 0 fully saturated rings. The standard InChI is InChI=1S/C12H19F3N4/c1-3-19(4-2)9-5-8-16-11-7-6-10(17-18-11)12(13,14)15/h6-7H,3-5,8-9H2,1-2H3,(H,16,18). The molecule has 1 N–H and O–H groups in total. The maximum absolute atomic E-state index is 12.3. The largest absolute Gasteiger partial charge is 0.435 e. The zero-order valence-electron chi connectivity index (χ0n) is 11.2. The van der Waals surface area contributed by atoms with Crippen molar-refractivity contribution in [2.24, 2.45) is 0 Å². The molecule has 0 aliphatic carbocycles. The molecule has 1 aromatic rings. The number of aromatic nitrogens is 2. The monoisotopic (exact) mass is 276 g/mol. The van der Waals surface area contributed by atoms with Gasteiger partial charge >= 0.3 is 6.18 Å². The Morgan fingerprint density at radius 1 is 1.16 bits per heavy atom. The molecular weight excluding hydrogens is 257 g/mol. The highest BCUT2D eigenvalue weighted by Gasteiger charge is 2.32. The number of anilines is 1. The van der Waals surface area contributed by atoms with E-state index in [1.165, 1.54) is 6.07 Å². The van der Waals surface area contributed by atoms with E-state index < -0.39 is 11.9 Å². The van der Waals surface area contributed by atoms with Crippen molar-refractivity contribution >= 4 is 5.82 Å². The maximum Gasteiger partial charge on any atom is 0.435 e. The predicted molar refractivity (Wildman–Crippen MR) is 67.9 cm³/mol. The summed E-state index contributed by atoms with van der Waals surface area (Å²) in [7, 11) is 0. The third kappa shape index (κ3) is 5.42. The van der Waals surface area contributed by atoms with Gasteiger partial charge in [0.2, 0.25) is 0 Å². The van der Waals surface area contributed by atoms with Crippen LogP contribution in [0.4, 0.5) is 19.0 Å². The van der Waals surface area contributed by atoms with Gasteiger partial charge in [-0.1, -0.05) is 13.8 Å². The van der Waals surface area contributed by atoms with Gasteiger partial charge in [-0.3, -0.25) is 0 Å². The van der Waals surface area contributed by atoms with Gasteiger partial charge in [0.05, 0.1) is 0 Å². The van der Waals surface area contributed by atoms with Crippen molar-refractivity contribution in [3.8, 4) is 0 Å². The number of alkyl halides is 3. The lowest BCUT2D eigenvalue weighted by Gasteiger charge is -2.17. The molecule has 0 atom stereocenters. The molecule has 1 rings (SSSR count). The molecule has 0 aromatic carbocycles. The fourth-order valence-corrected chi connectivity index (χ4v) is 1.64. The molecule has 0 bridgehead atoms. The Balaban J connectivity index is 2.34. The Morgan fingerprint density at radius 3 is 2.32 bits per heavy atom. The number of nitrogens with zero attached hydrogens (tertiary/aromatic N) is 3. The molecule has 0 saturated carbocycles. The summed E-state index contributed by atoms with van der Waals surface area (Å²) in [5.41, 5.74) is -0.971. The number of halogens is 3. The number of rotatable bonds is 7. The molecule has 108 valence electrons. The zero-order valence-corrected chi connectivity index (χ0v) is 11.2. The zero-order chi connectivity index (χ0) is 14.3. The van der Waals surface area contributed by atoms with Gasteiger partial charge in [0.1, 0.15) is 5.82 Å². The minimum Gasteiger partial charge on any atom is -0.369 e. The number of hydrogen-bond donors (Lipinski definition) is 1. The highest BCUT2D eigenvalue weighted by molar-refractivity contribution is 5.33. The van der Waals surface area contributed by atoms with Crippen molar-refractivity contribution in [3.63, 3.8) is 0 Å². The minimum atomic E-state index is -4.44. The normalized spacial score (nSPS) is 11.9. The van der Waals surface area contributed by atoms with Crippen molar-refractivity contribution in [1.82, 2.24) is 15.1 Å². The summed E-state index contributed by atoms with van der Waals surface area (Å²) >= 11 is 0. The summed E-state index contributed by atoms with van der Waals surface area (Å²) in [6, 6.07) is 2.23. The van der Waals surface area contributed by atoms with Crippen LogP contribution in [0.25, 0.3) is 0 Å². The van der Waals surface area contributed by atoms with E-state index in [0.29, 0.717) is 12.4 Å². The first-order chi connectivity index (χ1) is 8.97. The molecule has 4 nitrogen and oxygen atoms in total. The van der Waals surface area contributed by atoms with Crippen LogP contribution in [0.3, 0.4) is 0 Å². The van der Waals surface area contributed by atoms with E-state index in [0.717, 1.165) is 32.1 Å². The van der Waals surface area contributed by atoms with E-state index in [9.17, 15) is 13.2 Å². The fourth-order valence-electron chi connectivity index (χ4n) is 1.64. The number of hydrogen-bond acceptors (Lipinski definition) is 4.